The third-order valence-electron chi connectivity index (χ3n) is 1.37. The molecule has 0 radical (unpaired) electrons. The van der Waals surface area contributed by atoms with Gasteiger partial charge in [0.1, 0.15) is 0 Å². The highest BCUT2D eigenvalue weighted by molar-refractivity contribution is 9.10. The summed E-state index contributed by atoms with van der Waals surface area (Å²) in [4.78, 5) is 0.317. The van der Waals surface area contributed by atoms with E-state index in [1.807, 2.05) is 0 Å². The van der Waals surface area contributed by atoms with Crippen molar-refractivity contribution in [2.24, 2.45) is 0 Å². The minimum Gasteiger partial charge on any atom is -0.387 e. The normalized spacial score (nSPS) is 14.5. The molecule has 0 fully saturated rings. The molecule has 1 aromatic rings. The van der Waals surface area contributed by atoms with Gasteiger partial charge in [-0.1, -0.05) is 0 Å². The molecular formula is C7H6BrF3OS. The van der Waals surface area contributed by atoms with Gasteiger partial charge in [-0.3, -0.25) is 0 Å². The van der Waals surface area contributed by atoms with Crippen LogP contribution in [0.2, 0.25) is 0 Å². The summed E-state index contributed by atoms with van der Waals surface area (Å²) in [6.07, 6.45) is -7.00. The van der Waals surface area contributed by atoms with Crippen LogP contribution in [-0.2, 0) is 0 Å². The average Bonchev–Trinajstić information content (AvgIpc) is 2.30. The van der Waals surface area contributed by atoms with Gasteiger partial charge in [-0.25, -0.2) is 0 Å². The van der Waals surface area contributed by atoms with Crippen molar-refractivity contribution < 1.29 is 18.3 Å². The zero-order valence-corrected chi connectivity index (χ0v) is 8.71. The zero-order valence-electron chi connectivity index (χ0n) is 6.31. The van der Waals surface area contributed by atoms with E-state index < -0.39 is 18.7 Å². The van der Waals surface area contributed by atoms with Crippen LogP contribution in [0.1, 0.15) is 17.4 Å². The average molecular weight is 275 g/mol. The SMILES string of the molecule is OC(CC(F)(F)F)c1sccc1Br. The van der Waals surface area contributed by atoms with E-state index in [4.69, 9.17) is 0 Å². The zero-order chi connectivity index (χ0) is 10.1. The molecule has 0 saturated carbocycles. The lowest BCUT2D eigenvalue weighted by Gasteiger charge is -2.11. The highest BCUT2D eigenvalue weighted by Crippen LogP contribution is 2.35. The molecule has 0 aliphatic rings. The van der Waals surface area contributed by atoms with Crippen LogP contribution in [0.15, 0.2) is 15.9 Å². The van der Waals surface area contributed by atoms with Crippen LogP contribution < -0.4 is 0 Å². The van der Waals surface area contributed by atoms with E-state index in [0.717, 1.165) is 11.3 Å². The van der Waals surface area contributed by atoms with E-state index in [-0.39, 0.29) is 0 Å². The summed E-state index contributed by atoms with van der Waals surface area (Å²) in [5, 5.41) is 10.8. The van der Waals surface area contributed by atoms with Gasteiger partial charge in [0.05, 0.1) is 12.5 Å². The fourth-order valence-electron chi connectivity index (χ4n) is 0.855. The van der Waals surface area contributed by atoms with Crippen LogP contribution in [0, 0.1) is 0 Å². The second kappa shape index (κ2) is 3.98. The fraction of sp³-hybridized carbons (Fsp3) is 0.429. The molecule has 1 aromatic heterocycles. The Labute approximate surface area is 85.3 Å². The van der Waals surface area contributed by atoms with Crippen molar-refractivity contribution in [1.82, 2.24) is 0 Å². The van der Waals surface area contributed by atoms with Gasteiger partial charge in [0, 0.05) is 9.35 Å². The van der Waals surface area contributed by atoms with Crippen LogP contribution in [0.5, 0.6) is 0 Å². The van der Waals surface area contributed by atoms with Crippen molar-refractivity contribution in [2.45, 2.75) is 18.7 Å². The molecule has 6 heteroatoms. The maximum Gasteiger partial charge on any atom is 0.391 e. The Kier molecular flexibility index (Phi) is 3.37. The maximum atomic E-state index is 11.9. The van der Waals surface area contributed by atoms with Gasteiger partial charge in [-0.05, 0) is 27.4 Å². The largest absolute Gasteiger partial charge is 0.391 e. The molecule has 13 heavy (non-hydrogen) atoms. The summed E-state index contributed by atoms with van der Waals surface area (Å²) in [7, 11) is 0. The number of thiophene rings is 1. The van der Waals surface area contributed by atoms with Crippen LogP contribution in [0.3, 0.4) is 0 Å². The van der Waals surface area contributed by atoms with Gasteiger partial charge in [-0.2, -0.15) is 13.2 Å². The van der Waals surface area contributed by atoms with Crippen molar-refractivity contribution in [1.29, 1.82) is 0 Å². The number of aliphatic hydroxyl groups is 1. The topological polar surface area (TPSA) is 20.2 Å². The van der Waals surface area contributed by atoms with Gasteiger partial charge < -0.3 is 5.11 Å². The number of rotatable bonds is 2. The predicted octanol–water partition coefficient (Wildman–Crippen LogP) is 3.50. The van der Waals surface area contributed by atoms with Gasteiger partial charge in [0.25, 0.3) is 0 Å². The third kappa shape index (κ3) is 3.28. The van der Waals surface area contributed by atoms with Crippen LogP contribution in [0.25, 0.3) is 0 Å². The molecule has 1 rings (SSSR count). The lowest BCUT2D eigenvalue weighted by molar-refractivity contribution is -0.153. The van der Waals surface area contributed by atoms with Gasteiger partial charge in [0.2, 0.25) is 0 Å². The van der Waals surface area contributed by atoms with Gasteiger partial charge >= 0.3 is 6.18 Å². The smallest absolute Gasteiger partial charge is 0.387 e. The predicted molar refractivity (Wildman–Crippen MR) is 47.7 cm³/mol. The van der Waals surface area contributed by atoms with Crippen molar-refractivity contribution in [3.8, 4) is 0 Å². The van der Waals surface area contributed by atoms with Gasteiger partial charge in [0.15, 0.2) is 0 Å². The van der Waals surface area contributed by atoms with E-state index >= 15 is 0 Å². The van der Waals surface area contributed by atoms with Crippen molar-refractivity contribution in [2.75, 3.05) is 0 Å². The Morgan fingerprint density at radius 2 is 2.15 bits per heavy atom. The molecule has 1 heterocycles. The van der Waals surface area contributed by atoms with Gasteiger partial charge in [-0.15, -0.1) is 11.3 Å². The highest BCUT2D eigenvalue weighted by Gasteiger charge is 2.32. The summed E-state index contributed by atoms with van der Waals surface area (Å²) in [6.45, 7) is 0. The fourth-order valence-corrected chi connectivity index (χ4v) is 2.48. The molecule has 0 aliphatic heterocycles. The Balaban J connectivity index is 2.69. The first kappa shape index (κ1) is 11.0. The second-order valence-corrected chi connectivity index (χ2v) is 4.27. The summed E-state index contributed by atoms with van der Waals surface area (Å²) >= 11 is 4.16. The summed E-state index contributed by atoms with van der Waals surface area (Å²) in [6, 6.07) is 1.61. The van der Waals surface area contributed by atoms with E-state index in [0.29, 0.717) is 9.35 Å². The second-order valence-electron chi connectivity index (χ2n) is 2.47. The van der Waals surface area contributed by atoms with Crippen molar-refractivity contribution in [3.05, 3.63) is 20.8 Å². The maximum absolute atomic E-state index is 11.9. The Hall–Kier alpha value is -0.0700. The first-order valence-corrected chi connectivity index (χ1v) is 5.05. The first-order chi connectivity index (χ1) is 5.90. The van der Waals surface area contributed by atoms with Crippen LogP contribution in [-0.4, -0.2) is 11.3 Å². The molecule has 1 nitrogen and oxygen atoms in total. The lowest BCUT2D eigenvalue weighted by Crippen LogP contribution is -2.12. The molecule has 1 unspecified atom stereocenters. The molecule has 0 amide bonds. The van der Waals surface area contributed by atoms with Crippen LogP contribution >= 0.6 is 27.3 Å². The molecule has 1 atom stereocenters. The molecule has 1 N–H and O–H groups in total. The lowest BCUT2D eigenvalue weighted by atomic mass is 10.2. The monoisotopic (exact) mass is 274 g/mol. The number of halogens is 4. The number of alkyl halides is 3. The molecule has 0 bridgehead atoms. The summed E-state index contributed by atoms with van der Waals surface area (Å²) in [5.74, 6) is 0. The van der Waals surface area contributed by atoms with E-state index in [1.54, 1.807) is 11.4 Å². The molecule has 0 spiro atoms. The molecular weight excluding hydrogens is 269 g/mol. The van der Waals surface area contributed by atoms with Crippen molar-refractivity contribution in [3.63, 3.8) is 0 Å². The van der Waals surface area contributed by atoms with E-state index in [9.17, 15) is 18.3 Å². The Bertz CT molecular complexity index is 284. The van der Waals surface area contributed by atoms with E-state index in [1.165, 1.54) is 0 Å². The third-order valence-corrected chi connectivity index (χ3v) is 3.34. The Morgan fingerprint density at radius 1 is 1.54 bits per heavy atom. The quantitative estimate of drug-likeness (QED) is 0.875. The molecule has 0 aromatic carbocycles. The number of aliphatic hydroxyl groups excluding tert-OH is 1. The minimum absolute atomic E-state index is 0.317. The molecule has 74 valence electrons. The standard InChI is InChI=1S/C7H6BrF3OS/c8-4-1-2-13-6(4)5(12)3-7(9,10)11/h1-2,5,12H,3H2. The number of hydrogen-bond acceptors (Lipinski definition) is 2. The highest BCUT2D eigenvalue weighted by atomic mass is 79.9. The van der Waals surface area contributed by atoms with Crippen LogP contribution in [0.4, 0.5) is 13.2 Å². The van der Waals surface area contributed by atoms with E-state index in [2.05, 4.69) is 15.9 Å². The van der Waals surface area contributed by atoms with Crippen molar-refractivity contribution >= 4 is 27.3 Å². The summed E-state index contributed by atoms with van der Waals surface area (Å²) < 4.78 is 36.1. The Morgan fingerprint density at radius 3 is 2.54 bits per heavy atom. The molecule has 0 aliphatic carbocycles. The summed E-state index contributed by atoms with van der Waals surface area (Å²) in [5.41, 5.74) is 0. The minimum atomic E-state index is -4.33. The number of hydrogen-bond donors (Lipinski definition) is 1. The molecule has 0 saturated heterocycles. The first-order valence-electron chi connectivity index (χ1n) is 3.38.